The average Bonchev–Trinajstić information content (AvgIpc) is 3.29. The molecule has 1 heterocycles. The number of aliphatic hydroxyl groups excluding tert-OH is 1. The van der Waals surface area contributed by atoms with Gasteiger partial charge in [-0.3, -0.25) is 4.98 Å². The van der Waals surface area contributed by atoms with Crippen LogP contribution >= 0.6 is 0 Å². The fourth-order valence-corrected chi connectivity index (χ4v) is 2.43. The van der Waals surface area contributed by atoms with E-state index in [2.05, 4.69) is 40.6 Å². The number of pyridine rings is 1. The van der Waals surface area contributed by atoms with Crippen LogP contribution < -0.4 is 5.32 Å². The lowest BCUT2D eigenvalue weighted by Crippen LogP contribution is -2.26. The molecule has 3 rings (SSSR count). The molecule has 1 fully saturated rings. The highest BCUT2D eigenvalue weighted by Gasteiger charge is 2.41. The zero-order valence-electron chi connectivity index (χ0n) is 11.5. The third-order valence-corrected chi connectivity index (χ3v) is 4.04. The van der Waals surface area contributed by atoms with Crippen molar-refractivity contribution < 1.29 is 5.11 Å². The van der Waals surface area contributed by atoms with E-state index in [1.165, 1.54) is 11.1 Å². The fourth-order valence-electron chi connectivity index (χ4n) is 2.43. The van der Waals surface area contributed by atoms with E-state index in [9.17, 15) is 5.11 Å². The maximum absolute atomic E-state index is 9.30. The van der Waals surface area contributed by atoms with Crippen molar-refractivity contribution >= 4 is 0 Å². The zero-order valence-corrected chi connectivity index (χ0v) is 11.5. The Bertz CT molecular complexity index is 564. The van der Waals surface area contributed by atoms with Gasteiger partial charge < -0.3 is 10.4 Å². The maximum Gasteiger partial charge on any atom is 0.0499 e. The predicted molar refractivity (Wildman–Crippen MR) is 80.1 cm³/mol. The molecule has 0 radical (unpaired) electrons. The van der Waals surface area contributed by atoms with Crippen LogP contribution in [0.25, 0.3) is 11.1 Å². The van der Waals surface area contributed by atoms with Crippen molar-refractivity contribution in [3.05, 3.63) is 54.4 Å². The molecule has 1 aliphatic carbocycles. The molecular formula is C17H20N2O. The molecule has 0 amide bonds. The minimum absolute atomic E-state index is 0.168. The highest BCUT2D eigenvalue weighted by atomic mass is 16.3. The Balaban J connectivity index is 1.63. The van der Waals surface area contributed by atoms with Gasteiger partial charge in [0.2, 0.25) is 0 Å². The zero-order chi connectivity index (χ0) is 13.8. The molecular weight excluding hydrogens is 248 g/mol. The smallest absolute Gasteiger partial charge is 0.0499 e. The number of nitrogens with zero attached hydrogens (tertiary/aromatic N) is 1. The Morgan fingerprint density at radius 1 is 1.15 bits per heavy atom. The quantitative estimate of drug-likeness (QED) is 0.846. The Kier molecular flexibility index (Phi) is 3.81. The van der Waals surface area contributed by atoms with Gasteiger partial charge in [0.05, 0.1) is 0 Å². The van der Waals surface area contributed by atoms with E-state index in [0.29, 0.717) is 6.61 Å². The minimum Gasteiger partial charge on any atom is -0.396 e. The van der Waals surface area contributed by atoms with Crippen molar-refractivity contribution in [2.75, 3.05) is 13.2 Å². The van der Waals surface area contributed by atoms with Gasteiger partial charge in [-0.15, -0.1) is 0 Å². The summed E-state index contributed by atoms with van der Waals surface area (Å²) in [4.78, 5) is 4.16. The third kappa shape index (κ3) is 3.06. The molecule has 3 nitrogen and oxygen atoms in total. The first-order valence-electron chi connectivity index (χ1n) is 7.12. The van der Waals surface area contributed by atoms with Gasteiger partial charge >= 0.3 is 0 Å². The van der Waals surface area contributed by atoms with Crippen LogP contribution in [0.2, 0.25) is 0 Å². The molecule has 2 N–H and O–H groups in total. The Morgan fingerprint density at radius 3 is 2.70 bits per heavy atom. The second-order valence-corrected chi connectivity index (χ2v) is 5.70. The van der Waals surface area contributed by atoms with E-state index in [1.54, 1.807) is 6.20 Å². The van der Waals surface area contributed by atoms with E-state index in [1.807, 2.05) is 12.3 Å². The maximum atomic E-state index is 9.30. The van der Waals surface area contributed by atoms with Crippen LogP contribution in [-0.4, -0.2) is 23.2 Å². The van der Waals surface area contributed by atoms with Crippen LogP contribution in [0, 0.1) is 5.41 Å². The molecule has 0 aliphatic heterocycles. The molecule has 3 heteroatoms. The lowest BCUT2D eigenvalue weighted by molar-refractivity contribution is 0.207. The monoisotopic (exact) mass is 268 g/mol. The van der Waals surface area contributed by atoms with E-state index >= 15 is 0 Å². The lowest BCUT2D eigenvalue weighted by Gasteiger charge is -2.13. The molecule has 0 atom stereocenters. The summed E-state index contributed by atoms with van der Waals surface area (Å²) in [5, 5.41) is 12.8. The second-order valence-electron chi connectivity index (χ2n) is 5.70. The summed E-state index contributed by atoms with van der Waals surface area (Å²) in [6.07, 6.45) is 5.97. The number of benzene rings is 1. The summed E-state index contributed by atoms with van der Waals surface area (Å²) < 4.78 is 0. The first kappa shape index (κ1) is 13.3. The third-order valence-electron chi connectivity index (χ3n) is 4.04. The van der Waals surface area contributed by atoms with Crippen molar-refractivity contribution in [3.63, 3.8) is 0 Å². The fraction of sp³-hybridized carbons (Fsp3) is 0.353. The SMILES string of the molecule is OCC1(CNCc2cccc(-c3cccnc3)c2)CC1. The summed E-state index contributed by atoms with van der Waals surface area (Å²) in [6.45, 7) is 2.05. The molecule has 104 valence electrons. The number of nitrogens with one attached hydrogen (secondary N) is 1. The number of rotatable bonds is 6. The summed E-state index contributed by atoms with van der Waals surface area (Å²) in [7, 11) is 0. The van der Waals surface area contributed by atoms with Crippen molar-refractivity contribution in [2.45, 2.75) is 19.4 Å². The molecule has 1 aliphatic rings. The number of aromatic nitrogens is 1. The molecule has 20 heavy (non-hydrogen) atoms. The van der Waals surface area contributed by atoms with E-state index in [-0.39, 0.29) is 5.41 Å². The first-order chi connectivity index (χ1) is 9.81. The van der Waals surface area contributed by atoms with Gasteiger partial charge in [-0.05, 0) is 41.7 Å². The summed E-state index contributed by atoms with van der Waals surface area (Å²) >= 11 is 0. The number of aliphatic hydroxyl groups is 1. The molecule has 0 unspecified atom stereocenters. The summed E-state index contributed by atoms with van der Waals surface area (Å²) in [5.74, 6) is 0. The molecule has 1 aromatic carbocycles. The molecule has 0 spiro atoms. The summed E-state index contributed by atoms with van der Waals surface area (Å²) in [5.41, 5.74) is 3.77. The standard InChI is InChI=1S/C17H20N2O/c20-13-17(6-7-17)12-19-10-14-3-1-4-15(9-14)16-5-2-8-18-11-16/h1-5,8-9,11,19-20H,6-7,10,12-13H2. The van der Waals surface area contributed by atoms with Gasteiger partial charge in [0.1, 0.15) is 0 Å². The van der Waals surface area contributed by atoms with Crippen LogP contribution in [0.4, 0.5) is 0 Å². The van der Waals surface area contributed by atoms with Crippen molar-refractivity contribution in [2.24, 2.45) is 5.41 Å². The van der Waals surface area contributed by atoms with Crippen molar-refractivity contribution in [3.8, 4) is 11.1 Å². The topological polar surface area (TPSA) is 45.1 Å². The number of hydrogen-bond donors (Lipinski definition) is 2. The van der Waals surface area contributed by atoms with E-state index < -0.39 is 0 Å². The minimum atomic E-state index is 0.168. The molecule has 0 bridgehead atoms. The van der Waals surface area contributed by atoms with Gasteiger partial charge in [-0.1, -0.05) is 24.3 Å². The van der Waals surface area contributed by atoms with Crippen LogP contribution in [0.15, 0.2) is 48.8 Å². The van der Waals surface area contributed by atoms with E-state index in [4.69, 9.17) is 0 Å². The van der Waals surface area contributed by atoms with Crippen LogP contribution in [0.3, 0.4) is 0 Å². The molecule has 1 saturated carbocycles. The second kappa shape index (κ2) is 5.73. The van der Waals surface area contributed by atoms with Gasteiger partial charge in [0.25, 0.3) is 0 Å². The number of hydrogen-bond acceptors (Lipinski definition) is 3. The lowest BCUT2D eigenvalue weighted by atomic mass is 10.0. The largest absolute Gasteiger partial charge is 0.396 e. The van der Waals surface area contributed by atoms with Crippen LogP contribution in [-0.2, 0) is 6.54 Å². The highest BCUT2D eigenvalue weighted by molar-refractivity contribution is 5.62. The van der Waals surface area contributed by atoms with Gasteiger partial charge in [-0.25, -0.2) is 0 Å². The van der Waals surface area contributed by atoms with Gasteiger partial charge in [-0.2, -0.15) is 0 Å². The van der Waals surface area contributed by atoms with Crippen LogP contribution in [0.5, 0.6) is 0 Å². The van der Waals surface area contributed by atoms with Crippen LogP contribution in [0.1, 0.15) is 18.4 Å². The van der Waals surface area contributed by atoms with Crippen molar-refractivity contribution in [1.82, 2.24) is 10.3 Å². The van der Waals surface area contributed by atoms with Gasteiger partial charge in [0.15, 0.2) is 0 Å². The van der Waals surface area contributed by atoms with E-state index in [0.717, 1.165) is 31.5 Å². The summed E-state index contributed by atoms with van der Waals surface area (Å²) in [6, 6.07) is 12.5. The van der Waals surface area contributed by atoms with Gasteiger partial charge in [0, 0.05) is 37.5 Å². The normalized spacial score (nSPS) is 16.1. The molecule has 0 saturated heterocycles. The first-order valence-corrected chi connectivity index (χ1v) is 7.12. The molecule has 1 aromatic heterocycles. The highest BCUT2D eigenvalue weighted by Crippen LogP contribution is 2.44. The Labute approximate surface area is 119 Å². The Morgan fingerprint density at radius 2 is 2.00 bits per heavy atom. The Hall–Kier alpha value is -1.71. The van der Waals surface area contributed by atoms with Crippen molar-refractivity contribution in [1.29, 1.82) is 0 Å². The predicted octanol–water partition coefficient (Wildman–Crippen LogP) is 2.61. The molecule has 2 aromatic rings. The average molecular weight is 268 g/mol.